The van der Waals surface area contributed by atoms with Crippen molar-refractivity contribution in [2.45, 2.75) is 4.90 Å². The Morgan fingerprint density at radius 2 is 2.10 bits per heavy atom. The van der Waals surface area contributed by atoms with Gasteiger partial charge in [-0.2, -0.15) is 4.39 Å². The number of aliphatic hydroxyl groups excluding tert-OH is 1. The number of nitro benzene ring substituents is 1. The molecule has 10 heteroatoms. The highest BCUT2D eigenvalue weighted by molar-refractivity contribution is 7.89. The van der Waals surface area contributed by atoms with Crippen LogP contribution in [-0.2, 0) is 14.8 Å². The summed E-state index contributed by atoms with van der Waals surface area (Å²) in [6.07, 6.45) is 0. The van der Waals surface area contributed by atoms with Crippen LogP contribution in [0.2, 0.25) is 0 Å². The quantitative estimate of drug-likeness (QED) is 0.397. The molecular formula is C10H13FN2O6S. The smallest absolute Gasteiger partial charge is 0.304 e. The number of ether oxygens (including phenoxy) is 1. The number of rotatable bonds is 8. The zero-order chi connectivity index (χ0) is 15.2. The monoisotopic (exact) mass is 308 g/mol. The van der Waals surface area contributed by atoms with Gasteiger partial charge in [-0.15, -0.1) is 0 Å². The predicted molar refractivity (Wildman–Crippen MR) is 66.1 cm³/mol. The van der Waals surface area contributed by atoms with Crippen LogP contribution in [0, 0.1) is 15.9 Å². The maximum absolute atomic E-state index is 13.3. The van der Waals surface area contributed by atoms with Gasteiger partial charge in [-0.05, 0) is 6.07 Å². The average molecular weight is 308 g/mol. The number of sulfonamides is 1. The highest BCUT2D eigenvalue weighted by Crippen LogP contribution is 2.20. The first-order valence-electron chi connectivity index (χ1n) is 5.50. The molecule has 1 aromatic rings. The summed E-state index contributed by atoms with van der Waals surface area (Å²) < 4.78 is 43.8. The van der Waals surface area contributed by atoms with E-state index >= 15 is 0 Å². The number of aliphatic hydroxyl groups is 1. The molecule has 0 fully saturated rings. The number of hydrogen-bond acceptors (Lipinski definition) is 6. The lowest BCUT2D eigenvalue weighted by molar-refractivity contribution is -0.387. The van der Waals surface area contributed by atoms with Crippen LogP contribution in [0.1, 0.15) is 0 Å². The number of halogens is 1. The van der Waals surface area contributed by atoms with E-state index in [2.05, 4.69) is 4.72 Å². The number of nitrogens with zero attached hydrogens (tertiary/aromatic N) is 1. The lowest BCUT2D eigenvalue weighted by Gasteiger charge is -2.07. The molecule has 0 aliphatic rings. The van der Waals surface area contributed by atoms with Gasteiger partial charge >= 0.3 is 5.69 Å². The summed E-state index contributed by atoms with van der Waals surface area (Å²) in [6.45, 7) is -0.135. The van der Waals surface area contributed by atoms with E-state index in [0.29, 0.717) is 6.07 Å². The van der Waals surface area contributed by atoms with E-state index in [-0.39, 0.29) is 26.4 Å². The van der Waals surface area contributed by atoms with Gasteiger partial charge in [0, 0.05) is 18.7 Å². The van der Waals surface area contributed by atoms with Crippen molar-refractivity contribution in [1.82, 2.24) is 4.72 Å². The molecule has 0 unspecified atom stereocenters. The minimum Gasteiger partial charge on any atom is -0.394 e. The van der Waals surface area contributed by atoms with Crippen molar-refractivity contribution in [3.63, 3.8) is 0 Å². The van der Waals surface area contributed by atoms with E-state index in [4.69, 9.17) is 9.84 Å². The SMILES string of the molecule is O=[N+]([O-])c1ccc(S(=O)(=O)NCCOCCO)cc1F. The molecule has 0 saturated heterocycles. The number of benzene rings is 1. The summed E-state index contributed by atoms with van der Waals surface area (Å²) in [5.41, 5.74) is -0.796. The van der Waals surface area contributed by atoms with Gasteiger partial charge in [0.05, 0.1) is 29.6 Å². The first kappa shape index (κ1) is 16.4. The molecule has 0 aliphatic heterocycles. The Morgan fingerprint density at radius 1 is 1.40 bits per heavy atom. The molecule has 0 spiro atoms. The molecule has 0 radical (unpaired) electrons. The highest BCUT2D eigenvalue weighted by atomic mass is 32.2. The second-order valence-corrected chi connectivity index (χ2v) is 5.37. The Kier molecular flexibility index (Phi) is 5.95. The molecule has 0 atom stereocenters. The molecular weight excluding hydrogens is 295 g/mol. The van der Waals surface area contributed by atoms with Gasteiger partial charge in [-0.25, -0.2) is 13.1 Å². The fourth-order valence-electron chi connectivity index (χ4n) is 1.30. The van der Waals surface area contributed by atoms with E-state index in [1.807, 2.05) is 0 Å². The molecule has 112 valence electrons. The first-order chi connectivity index (χ1) is 9.38. The van der Waals surface area contributed by atoms with Gasteiger partial charge in [-0.1, -0.05) is 0 Å². The van der Waals surface area contributed by atoms with E-state index in [1.54, 1.807) is 0 Å². The average Bonchev–Trinajstić information content (AvgIpc) is 2.37. The second kappa shape index (κ2) is 7.24. The summed E-state index contributed by atoms with van der Waals surface area (Å²) in [7, 11) is -3.97. The van der Waals surface area contributed by atoms with Crippen molar-refractivity contribution in [3.8, 4) is 0 Å². The summed E-state index contributed by atoms with van der Waals surface area (Å²) >= 11 is 0. The van der Waals surface area contributed by atoms with Crippen molar-refractivity contribution in [2.24, 2.45) is 0 Å². The molecule has 20 heavy (non-hydrogen) atoms. The molecule has 0 bridgehead atoms. The standard InChI is InChI=1S/C10H13FN2O6S/c11-9-7-8(1-2-10(9)13(15)16)20(17,18)12-3-5-19-6-4-14/h1-2,7,12,14H,3-6H2. The molecule has 0 heterocycles. The highest BCUT2D eigenvalue weighted by Gasteiger charge is 2.20. The van der Waals surface area contributed by atoms with Crippen LogP contribution < -0.4 is 4.72 Å². The topological polar surface area (TPSA) is 119 Å². The van der Waals surface area contributed by atoms with Crippen LogP contribution >= 0.6 is 0 Å². The lowest BCUT2D eigenvalue weighted by Crippen LogP contribution is -2.27. The molecule has 0 saturated carbocycles. The Hall–Kier alpha value is -1.62. The van der Waals surface area contributed by atoms with Crippen LogP contribution in [0.25, 0.3) is 0 Å². The minimum absolute atomic E-state index is 0.0370. The van der Waals surface area contributed by atoms with E-state index in [9.17, 15) is 22.9 Å². The third-order valence-electron chi connectivity index (χ3n) is 2.20. The molecule has 0 aliphatic carbocycles. The predicted octanol–water partition coefficient (Wildman–Crippen LogP) is 0.0211. The summed E-state index contributed by atoms with van der Waals surface area (Å²) in [5.74, 6) is -1.23. The maximum atomic E-state index is 13.3. The van der Waals surface area contributed by atoms with Gasteiger partial charge in [0.1, 0.15) is 0 Å². The number of hydrogen-bond donors (Lipinski definition) is 2. The van der Waals surface area contributed by atoms with Gasteiger partial charge < -0.3 is 9.84 Å². The van der Waals surface area contributed by atoms with Gasteiger partial charge in [0.25, 0.3) is 0 Å². The van der Waals surface area contributed by atoms with Crippen LogP contribution in [0.15, 0.2) is 23.1 Å². The first-order valence-corrected chi connectivity index (χ1v) is 6.99. The zero-order valence-electron chi connectivity index (χ0n) is 10.3. The largest absolute Gasteiger partial charge is 0.394 e. The van der Waals surface area contributed by atoms with E-state index < -0.39 is 31.3 Å². The van der Waals surface area contributed by atoms with Crippen molar-refractivity contribution in [3.05, 3.63) is 34.1 Å². The molecule has 2 N–H and O–H groups in total. The van der Waals surface area contributed by atoms with Crippen LogP contribution in [0.5, 0.6) is 0 Å². The second-order valence-electron chi connectivity index (χ2n) is 3.60. The lowest BCUT2D eigenvalue weighted by atomic mass is 10.3. The van der Waals surface area contributed by atoms with Crippen LogP contribution in [-0.4, -0.2) is 44.8 Å². The third-order valence-corrected chi connectivity index (χ3v) is 3.66. The van der Waals surface area contributed by atoms with Gasteiger partial charge in [0.15, 0.2) is 0 Å². The van der Waals surface area contributed by atoms with E-state index in [1.165, 1.54) is 0 Å². The van der Waals surface area contributed by atoms with E-state index in [0.717, 1.165) is 12.1 Å². The normalized spacial score (nSPS) is 11.5. The zero-order valence-corrected chi connectivity index (χ0v) is 11.1. The number of nitrogens with one attached hydrogen (secondary N) is 1. The van der Waals surface area contributed by atoms with Crippen molar-refractivity contribution in [1.29, 1.82) is 0 Å². The maximum Gasteiger partial charge on any atom is 0.304 e. The van der Waals surface area contributed by atoms with Crippen LogP contribution in [0.4, 0.5) is 10.1 Å². The van der Waals surface area contributed by atoms with Crippen molar-refractivity contribution < 1.29 is 27.6 Å². The molecule has 0 aromatic heterocycles. The number of nitro groups is 1. The summed E-state index contributed by atoms with van der Waals surface area (Å²) in [4.78, 5) is 9.06. The molecule has 1 rings (SSSR count). The van der Waals surface area contributed by atoms with Gasteiger partial charge in [-0.3, -0.25) is 10.1 Å². The van der Waals surface area contributed by atoms with Crippen molar-refractivity contribution >= 4 is 15.7 Å². The minimum atomic E-state index is -3.97. The van der Waals surface area contributed by atoms with Gasteiger partial charge in [0.2, 0.25) is 15.8 Å². The fourth-order valence-corrected chi connectivity index (χ4v) is 2.33. The Balaban J connectivity index is 2.73. The van der Waals surface area contributed by atoms with Crippen LogP contribution in [0.3, 0.4) is 0 Å². The Bertz CT molecular complexity index is 577. The molecule has 0 amide bonds. The Labute approximate surface area is 114 Å². The molecule has 1 aromatic carbocycles. The molecule has 8 nitrogen and oxygen atoms in total. The fraction of sp³-hybridized carbons (Fsp3) is 0.400. The summed E-state index contributed by atoms with van der Waals surface area (Å²) in [5, 5.41) is 18.9. The van der Waals surface area contributed by atoms with Crippen molar-refractivity contribution in [2.75, 3.05) is 26.4 Å². The third kappa shape index (κ3) is 4.49. The Morgan fingerprint density at radius 3 is 2.65 bits per heavy atom. The summed E-state index contributed by atoms with van der Waals surface area (Å²) in [6, 6.07) is 2.30.